The van der Waals surface area contributed by atoms with Gasteiger partial charge in [-0.25, -0.2) is 0 Å². The summed E-state index contributed by atoms with van der Waals surface area (Å²) >= 11 is 7.38. The second kappa shape index (κ2) is 37.7. The Balaban J connectivity index is 0.000000164. The predicted octanol–water partition coefficient (Wildman–Crippen LogP) is 13.1. The molecule has 20 rings (SSSR count). The molecule has 25 nitrogen and oxygen atoms in total. The molecule has 0 amide bonds. The number of ketones is 2. The van der Waals surface area contributed by atoms with Gasteiger partial charge < -0.3 is 80.9 Å². The summed E-state index contributed by atoms with van der Waals surface area (Å²) in [5.74, 6) is -0.337. The second-order valence-corrected chi connectivity index (χ2v) is 61.5. The standard InChI is InChI=1S/C41H59N3O9.C40H57N3O10.C3H9I2Si.I2/c1-20(19-43-44-42)12-32-24(5)29-16-25(45)15-27-7-9-31-36(48-27)40-39-38(50-31)37-35(51-39)18-41(52-37,53-40)11-10-28-14-22(3)30(46-28)8-6-26-13-21(2)23(4)33(47-26)17-34(29)49-32;1-19-11-25-5-7-29-20(2)12-27(46-29)9-10-40-17-34-36(52-40)37-38(51-34)39(53-40)35-30(50-37)8-6-26(48-35)13-23(44)14-28-22(4)31(15-24(45)18-42-43-41)49-33(28)16-32(47-25)21(19)3;1-6(2,3)5-4;1-2/h20-21,24,26-40H,3-4,6-19H2,1-2,5H3;19,22,24-39,45H,2-3,5-18H2,1,4H3;1-3H3;/q;;-1;/t20-,21+,24+,26-,27+,28-,29+,30-,31-,32+,33+,34-,35+,36-,37-,38?,39?,40-,41-;19-,22-,24+,25+,26-,27+,28-,29+,30+,31-,32-,33+,34-,35+,36+,37?,38?,39+,40+;;/m01../s1. The van der Waals surface area contributed by atoms with Crippen molar-refractivity contribution in [1.82, 2.24) is 0 Å². The van der Waals surface area contributed by atoms with E-state index in [0.29, 0.717) is 99.5 Å². The number of ether oxygens (including phenoxy) is 16. The number of carbonyl (C=O) groups excluding carboxylic acids is 2. The first kappa shape index (κ1) is 88.2. The monoisotopic (exact) mass is 2060 g/mol. The number of Topliss-reactive ketones (excluding diaryl/α,β-unsaturated/α-hetero) is 2. The molecule has 114 heavy (non-hydrogen) atoms. The fourth-order valence-electron chi connectivity index (χ4n) is 22.9. The summed E-state index contributed by atoms with van der Waals surface area (Å²) in [6.07, 6.45) is 13.2. The Bertz CT molecular complexity index is 3350. The molecule has 20 fully saturated rings. The van der Waals surface area contributed by atoms with Crippen molar-refractivity contribution < 1.29 is 107 Å². The molecule has 24 bridgehead atoms. The number of rotatable bonds is 9. The summed E-state index contributed by atoms with van der Waals surface area (Å²) in [5.41, 5.74) is 21.7. The van der Waals surface area contributed by atoms with E-state index in [1.807, 2.05) is 0 Å². The van der Waals surface area contributed by atoms with Crippen LogP contribution in [0.15, 0.2) is 58.8 Å². The van der Waals surface area contributed by atoms with Crippen molar-refractivity contribution in [2.75, 3.05) is 13.1 Å². The van der Waals surface area contributed by atoms with E-state index in [9.17, 15) is 14.7 Å². The number of hydrogen-bond donors (Lipinski definition) is 1. The second-order valence-electron chi connectivity index (χ2n) is 38.1. The van der Waals surface area contributed by atoms with E-state index in [1.165, 1.54) is 0 Å². The fraction of sp³-hybridized carbons (Fsp3) is 0.881. The zero-order chi connectivity index (χ0) is 80.4. The SMILES string of the molecule is C=C1C[C@@H]2CC[C@@]34C[C@H]5OC6C(O[C@H]7CC[C@H](CC(=O)C[C@@H]8[C@@H](C)[C@@H](C[C@H](C)CN=[N+]=[N-])O[C@H]8C[C@H]8O[C@@H](CC[C@@H]1O2)C[C@@H](C)C8=C)O[C@@H]7[C@@H]6O3)[C@H]5O4.C=C1C[C@@H]2CC[C@@]34C[C@H]5OC6C(O[C@H]7CC[C@H](CC(=O)C[C@@H]8[C@@H](C)[C@@H](C[C@H](O)CN=[N+]=[N-])O[C@H]8C[C@H]8O[C@@H](CC[C@@H]1O2)C[C@@H](C)C8=C)O[C@@H]7[C@@H]6O3)[C@H]5O4.C[Si](C)(C)[I-]I.II. The first-order valence-corrected chi connectivity index (χ1v) is 62.3. The number of nitrogens with zero attached hydrogens (tertiary/aromatic N) is 6. The van der Waals surface area contributed by atoms with E-state index in [4.69, 9.17) is 86.9 Å². The normalized spacial score (nSPS) is 48.5. The molecular formula is C84H125I4N6O19Si-. The summed E-state index contributed by atoms with van der Waals surface area (Å²) in [7, 11) is 0. The summed E-state index contributed by atoms with van der Waals surface area (Å²) in [4.78, 5) is 33.9. The Morgan fingerprint density at radius 2 is 0.851 bits per heavy atom. The summed E-state index contributed by atoms with van der Waals surface area (Å²) in [6.45, 7) is 36.4. The average Bonchev–Trinajstić information content (AvgIpc) is 1.55. The molecular weight excluding hydrogens is 1930 g/mol. The molecule has 638 valence electrons. The van der Waals surface area contributed by atoms with Gasteiger partial charge in [-0.2, -0.15) is 0 Å². The van der Waals surface area contributed by atoms with Crippen molar-refractivity contribution in [2.45, 2.75) is 410 Å². The topological polar surface area (TPSA) is 300 Å². The number of aliphatic hydroxyl groups excluding tert-OH is 1. The van der Waals surface area contributed by atoms with E-state index < -0.39 is 23.2 Å². The maximum Gasteiger partial charge on any atom is 0 e. The van der Waals surface area contributed by atoms with Crippen LogP contribution in [-0.4, -0.2) is 224 Å². The van der Waals surface area contributed by atoms with Gasteiger partial charge in [-0.1, -0.05) is 71.2 Å². The summed E-state index contributed by atoms with van der Waals surface area (Å²) in [6, 6.07) is 0. The van der Waals surface area contributed by atoms with E-state index >= 15 is 0 Å². The zero-order valence-electron chi connectivity index (χ0n) is 67.9. The molecule has 30 heteroatoms. The summed E-state index contributed by atoms with van der Waals surface area (Å²) < 4.78 is 108. The van der Waals surface area contributed by atoms with Gasteiger partial charge in [0.05, 0.1) is 123 Å². The van der Waals surface area contributed by atoms with Gasteiger partial charge >= 0.3 is 60.3 Å². The number of aliphatic hydroxyl groups is 1. The largest absolute Gasteiger partial charge is 0 e. The van der Waals surface area contributed by atoms with Crippen LogP contribution in [0.2, 0.25) is 19.6 Å². The van der Waals surface area contributed by atoms with Gasteiger partial charge in [-0.05, 0) is 178 Å². The molecule has 38 atom stereocenters. The van der Waals surface area contributed by atoms with Crippen LogP contribution in [0, 0.1) is 41.4 Å². The van der Waals surface area contributed by atoms with Crippen LogP contribution in [0.1, 0.15) is 202 Å². The molecule has 20 aliphatic rings. The molecule has 0 aromatic carbocycles. The summed E-state index contributed by atoms with van der Waals surface area (Å²) in [5, 5.41) is 18.1. The van der Waals surface area contributed by atoms with Crippen LogP contribution in [0.3, 0.4) is 0 Å². The number of halogens is 4. The first-order valence-electron chi connectivity index (χ1n) is 43.1. The van der Waals surface area contributed by atoms with E-state index in [2.05, 4.69) is 156 Å². The third kappa shape index (κ3) is 19.4. The average molecular weight is 2060 g/mol. The van der Waals surface area contributed by atoms with Gasteiger partial charge in [0.25, 0.3) is 0 Å². The molecule has 0 radical (unpaired) electrons. The molecule has 4 unspecified atom stereocenters. The number of fused-ring (bicyclic) bond motifs is 12. The number of carbonyl (C=O) groups is 2. The maximum atomic E-state index is 14.1. The molecule has 20 heterocycles. The minimum Gasteiger partial charge on any atom is 0 e. The van der Waals surface area contributed by atoms with Crippen LogP contribution >= 0.6 is 55.8 Å². The van der Waals surface area contributed by atoms with Crippen LogP contribution in [0.5, 0.6) is 0 Å². The van der Waals surface area contributed by atoms with Gasteiger partial charge in [0, 0.05) is 118 Å². The molecule has 0 aromatic rings. The van der Waals surface area contributed by atoms with Crippen molar-refractivity contribution in [2.24, 2.45) is 51.7 Å². The van der Waals surface area contributed by atoms with Gasteiger partial charge in [0.2, 0.25) is 0 Å². The van der Waals surface area contributed by atoms with Crippen molar-refractivity contribution in [3.63, 3.8) is 0 Å². The maximum absolute atomic E-state index is 14.1. The van der Waals surface area contributed by atoms with Gasteiger partial charge in [-0.15, -0.1) is 0 Å². The minimum atomic E-state index is -0.830. The van der Waals surface area contributed by atoms with E-state index in [1.54, 1.807) is 0 Å². The molecule has 20 saturated heterocycles. The molecule has 2 spiro atoms. The van der Waals surface area contributed by atoms with Crippen molar-refractivity contribution in [3.05, 3.63) is 69.5 Å². The molecule has 1 N–H and O–H groups in total. The van der Waals surface area contributed by atoms with Crippen molar-refractivity contribution in [1.29, 1.82) is 0 Å². The fourth-order valence-corrected chi connectivity index (χ4v) is 22.9. The first-order chi connectivity index (χ1) is 54.7. The third-order valence-electron chi connectivity index (χ3n) is 29.0. The van der Waals surface area contributed by atoms with Gasteiger partial charge in [0.1, 0.15) is 72.6 Å². The Morgan fingerprint density at radius 3 is 1.29 bits per heavy atom. The molecule has 0 aliphatic carbocycles. The van der Waals surface area contributed by atoms with Gasteiger partial charge in [-0.3, -0.25) is 9.59 Å². The Hall–Kier alpha value is -0.623. The van der Waals surface area contributed by atoms with Crippen LogP contribution in [0.4, 0.5) is 0 Å². The Morgan fingerprint density at radius 1 is 0.465 bits per heavy atom. The van der Waals surface area contributed by atoms with Crippen molar-refractivity contribution in [3.8, 4) is 0 Å². The third-order valence-corrected chi connectivity index (χ3v) is 57.7. The number of hydrogen-bond acceptors (Lipinski definition) is 21. The quantitative estimate of drug-likeness (QED) is 0.0426. The number of azide groups is 2. The molecule has 20 aliphatic heterocycles. The smallest absolute Gasteiger partial charge is 0 e. The minimum absolute atomic E-state index is 0.00440. The van der Waals surface area contributed by atoms with E-state index in [-0.39, 0.29) is 225 Å². The Labute approximate surface area is 717 Å². The van der Waals surface area contributed by atoms with Crippen molar-refractivity contribution >= 4 is 73.0 Å². The van der Waals surface area contributed by atoms with Crippen LogP contribution in [0.25, 0.3) is 20.9 Å². The zero-order valence-corrected chi connectivity index (χ0v) is 77.5. The van der Waals surface area contributed by atoms with Crippen LogP contribution < -0.4 is 16.4 Å². The predicted molar refractivity (Wildman–Crippen MR) is 448 cm³/mol. The van der Waals surface area contributed by atoms with Gasteiger partial charge in [0.15, 0.2) is 11.6 Å². The van der Waals surface area contributed by atoms with Crippen LogP contribution in [-0.2, 0) is 85.4 Å². The molecule has 0 saturated carbocycles. The van der Waals surface area contributed by atoms with E-state index in [0.717, 1.165) is 119 Å². The molecule has 0 aromatic heterocycles. The Kier molecular flexibility index (Phi) is 29.2.